The molecule has 2 aromatic rings. The van der Waals surface area contributed by atoms with E-state index in [1.54, 1.807) is 6.07 Å². The summed E-state index contributed by atoms with van der Waals surface area (Å²) in [4.78, 5) is 0. The molecule has 0 saturated heterocycles. The third-order valence-electron chi connectivity index (χ3n) is 3.05. The lowest BCUT2D eigenvalue weighted by atomic mass is 10.0. The molecule has 2 nitrogen and oxygen atoms in total. The monoisotopic (exact) mass is 353 g/mol. The van der Waals surface area contributed by atoms with Crippen molar-refractivity contribution in [1.82, 2.24) is 0 Å². The number of anilines is 1. The average Bonchev–Trinajstić information content (AvgIpc) is 2.41. The van der Waals surface area contributed by atoms with Crippen LogP contribution in [0.2, 0.25) is 5.02 Å². The van der Waals surface area contributed by atoms with Crippen molar-refractivity contribution in [3.05, 3.63) is 57.0 Å². The van der Waals surface area contributed by atoms with Gasteiger partial charge in [-0.1, -0.05) is 47.4 Å². The fourth-order valence-corrected chi connectivity index (χ4v) is 2.44. The highest BCUT2D eigenvalue weighted by atomic mass is 79.9. The van der Waals surface area contributed by atoms with Crippen molar-refractivity contribution < 1.29 is 4.74 Å². The number of nitrogen functional groups attached to an aromatic ring is 1. The van der Waals surface area contributed by atoms with Crippen molar-refractivity contribution in [2.24, 2.45) is 0 Å². The highest BCUT2D eigenvalue weighted by molar-refractivity contribution is 9.10. The summed E-state index contributed by atoms with van der Waals surface area (Å²) in [6, 6.07) is 11.6. The summed E-state index contributed by atoms with van der Waals surface area (Å²) in [7, 11) is 0. The van der Waals surface area contributed by atoms with Crippen LogP contribution in [0.4, 0.5) is 5.69 Å². The average molecular weight is 355 g/mol. The Labute approximate surface area is 133 Å². The van der Waals surface area contributed by atoms with Gasteiger partial charge >= 0.3 is 0 Å². The molecule has 0 amide bonds. The van der Waals surface area contributed by atoms with Crippen LogP contribution in [-0.4, -0.2) is 0 Å². The second-order valence-electron chi connectivity index (χ2n) is 4.98. The molecule has 0 aliphatic heterocycles. The van der Waals surface area contributed by atoms with Crippen LogP contribution in [0.25, 0.3) is 0 Å². The van der Waals surface area contributed by atoms with Gasteiger partial charge in [-0.2, -0.15) is 0 Å². The van der Waals surface area contributed by atoms with Gasteiger partial charge in [-0.15, -0.1) is 0 Å². The van der Waals surface area contributed by atoms with Crippen LogP contribution in [0, 0.1) is 0 Å². The standard InChI is InChI=1S/C16H17BrClNO/c1-10(2)13-8-12(17)4-6-16(13)20-9-11-3-5-14(18)15(19)7-11/h3-8,10H,9,19H2,1-2H3. The van der Waals surface area contributed by atoms with Crippen molar-refractivity contribution in [1.29, 1.82) is 0 Å². The molecule has 2 rings (SSSR count). The van der Waals surface area contributed by atoms with E-state index in [0.717, 1.165) is 15.8 Å². The maximum absolute atomic E-state index is 5.91. The van der Waals surface area contributed by atoms with E-state index in [4.69, 9.17) is 22.1 Å². The fourth-order valence-electron chi connectivity index (χ4n) is 1.95. The molecular weight excluding hydrogens is 338 g/mol. The predicted molar refractivity (Wildman–Crippen MR) is 88.4 cm³/mol. The Hall–Kier alpha value is -1.19. The van der Waals surface area contributed by atoms with Crippen LogP contribution < -0.4 is 10.5 Å². The Morgan fingerprint density at radius 2 is 1.95 bits per heavy atom. The molecule has 0 aromatic heterocycles. The third kappa shape index (κ3) is 3.68. The molecule has 0 saturated carbocycles. The third-order valence-corrected chi connectivity index (χ3v) is 3.89. The minimum absolute atomic E-state index is 0.401. The molecule has 20 heavy (non-hydrogen) atoms. The number of rotatable bonds is 4. The van der Waals surface area contributed by atoms with Crippen LogP contribution in [-0.2, 0) is 6.61 Å². The minimum Gasteiger partial charge on any atom is -0.489 e. The first-order chi connectivity index (χ1) is 9.47. The lowest BCUT2D eigenvalue weighted by Gasteiger charge is -2.15. The molecule has 0 spiro atoms. The summed E-state index contributed by atoms with van der Waals surface area (Å²) in [5, 5.41) is 0.570. The SMILES string of the molecule is CC(C)c1cc(Br)ccc1OCc1ccc(Cl)c(N)c1. The van der Waals surface area contributed by atoms with Crippen LogP contribution in [0.3, 0.4) is 0 Å². The molecule has 0 aliphatic carbocycles. The molecule has 0 atom stereocenters. The quantitative estimate of drug-likeness (QED) is 0.747. The van der Waals surface area contributed by atoms with E-state index in [2.05, 4.69) is 35.8 Å². The topological polar surface area (TPSA) is 35.2 Å². The van der Waals surface area contributed by atoms with Crippen molar-refractivity contribution in [3.8, 4) is 5.75 Å². The number of benzene rings is 2. The van der Waals surface area contributed by atoms with E-state index in [1.807, 2.05) is 24.3 Å². The summed E-state index contributed by atoms with van der Waals surface area (Å²) in [6.45, 7) is 4.77. The van der Waals surface area contributed by atoms with Gasteiger partial charge in [0.15, 0.2) is 0 Å². The van der Waals surface area contributed by atoms with E-state index < -0.39 is 0 Å². The van der Waals surface area contributed by atoms with Gasteiger partial charge in [-0.05, 0) is 47.4 Å². The summed E-state index contributed by atoms with van der Waals surface area (Å²) >= 11 is 9.40. The molecule has 2 N–H and O–H groups in total. The van der Waals surface area contributed by atoms with Gasteiger partial charge in [0.25, 0.3) is 0 Å². The Kier molecular flexibility index (Phi) is 4.95. The number of halogens is 2. The Morgan fingerprint density at radius 3 is 2.60 bits per heavy atom. The first-order valence-electron chi connectivity index (χ1n) is 6.43. The summed E-state index contributed by atoms with van der Waals surface area (Å²) < 4.78 is 6.97. The van der Waals surface area contributed by atoms with E-state index >= 15 is 0 Å². The number of hydrogen-bond donors (Lipinski definition) is 1. The van der Waals surface area contributed by atoms with Crippen LogP contribution in [0.1, 0.15) is 30.9 Å². The Balaban J connectivity index is 2.16. The van der Waals surface area contributed by atoms with Crippen LogP contribution in [0.15, 0.2) is 40.9 Å². The number of ether oxygens (including phenoxy) is 1. The van der Waals surface area contributed by atoms with E-state index in [1.165, 1.54) is 5.56 Å². The molecule has 0 unspecified atom stereocenters. The largest absolute Gasteiger partial charge is 0.489 e. The molecular formula is C16H17BrClNO. The van der Waals surface area contributed by atoms with Crippen molar-refractivity contribution >= 4 is 33.2 Å². The second kappa shape index (κ2) is 6.51. The number of hydrogen-bond acceptors (Lipinski definition) is 2. The summed E-state index contributed by atoms with van der Waals surface area (Å²) in [5.74, 6) is 1.30. The Morgan fingerprint density at radius 1 is 1.20 bits per heavy atom. The van der Waals surface area contributed by atoms with E-state index in [0.29, 0.717) is 23.2 Å². The normalized spacial score (nSPS) is 10.8. The highest BCUT2D eigenvalue weighted by Gasteiger charge is 2.09. The zero-order valence-electron chi connectivity index (χ0n) is 11.5. The van der Waals surface area contributed by atoms with Gasteiger partial charge in [0.1, 0.15) is 12.4 Å². The van der Waals surface area contributed by atoms with Crippen LogP contribution in [0.5, 0.6) is 5.75 Å². The van der Waals surface area contributed by atoms with Crippen molar-refractivity contribution in [2.45, 2.75) is 26.4 Å². The zero-order chi connectivity index (χ0) is 14.7. The minimum atomic E-state index is 0.401. The first kappa shape index (κ1) is 15.2. The second-order valence-corrected chi connectivity index (χ2v) is 6.30. The van der Waals surface area contributed by atoms with Gasteiger partial charge in [0, 0.05) is 4.47 Å². The zero-order valence-corrected chi connectivity index (χ0v) is 13.8. The lowest BCUT2D eigenvalue weighted by Crippen LogP contribution is -2.00. The highest BCUT2D eigenvalue weighted by Crippen LogP contribution is 2.30. The van der Waals surface area contributed by atoms with Gasteiger partial charge in [-0.25, -0.2) is 0 Å². The molecule has 2 aromatic carbocycles. The van der Waals surface area contributed by atoms with Gasteiger partial charge < -0.3 is 10.5 Å². The molecule has 0 radical (unpaired) electrons. The lowest BCUT2D eigenvalue weighted by molar-refractivity contribution is 0.302. The molecule has 0 fully saturated rings. The van der Waals surface area contributed by atoms with E-state index in [9.17, 15) is 0 Å². The molecule has 0 heterocycles. The molecule has 0 aliphatic rings. The predicted octanol–water partition coefficient (Wildman–Crippen LogP) is 5.39. The van der Waals surface area contributed by atoms with Gasteiger partial charge in [0.2, 0.25) is 0 Å². The van der Waals surface area contributed by atoms with Crippen molar-refractivity contribution in [2.75, 3.05) is 5.73 Å². The smallest absolute Gasteiger partial charge is 0.123 e. The maximum atomic E-state index is 5.91. The van der Waals surface area contributed by atoms with Gasteiger partial charge in [0.05, 0.1) is 10.7 Å². The summed E-state index contributed by atoms with van der Waals surface area (Å²) in [6.07, 6.45) is 0. The van der Waals surface area contributed by atoms with Crippen LogP contribution >= 0.6 is 27.5 Å². The molecule has 106 valence electrons. The molecule has 0 bridgehead atoms. The maximum Gasteiger partial charge on any atom is 0.123 e. The summed E-state index contributed by atoms with van der Waals surface area (Å²) in [5.41, 5.74) is 8.56. The molecule has 4 heteroatoms. The van der Waals surface area contributed by atoms with Crippen molar-refractivity contribution in [3.63, 3.8) is 0 Å². The Bertz CT molecular complexity index is 613. The number of nitrogens with two attached hydrogens (primary N) is 1. The fraction of sp³-hybridized carbons (Fsp3) is 0.250. The van der Waals surface area contributed by atoms with E-state index in [-0.39, 0.29) is 0 Å². The first-order valence-corrected chi connectivity index (χ1v) is 7.60. The van der Waals surface area contributed by atoms with Gasteiger partial charge in [-0.3, -0.25) is 0 Å².